The van der Waals surface area contributed by atoms with Gasteiger partial charge in [-0.1, -0.05) is 0 Å². The van der Waals surface area contributed by atoms with E-state index in [1.165, 1.54) is 0 Å². The molecule has 0 spiro atoms. The molecule has 0 aromatic rings. The maximum absolute atomic E-state index is 7.73. The van der Waals surface area contributed by atoms with Crippen molar-refractivity contribution >= 4 is 12.4 Å². The molecule has 0 saturated carbocycles. The molecule has 0 bridgehead atoms. The average molecular weight is 212 g/mol. The molecule has 0 heterocycles. The van der Waals surface area contributed by atoms with Gasteiger partial charge < -0.3 is 10.3 Å². The number of nitrogens with zero attached hydrogens (tertiary/aromatic N) is 2. The Morgan fingerprint density at radius 2 is 2.27 bits per heavy atom. The number of hydrogen-bond acceptors (Lipinski definition) is 5. The third-order valence-electron chi connectivity index (χ3n) is 1.75. The summed E-state index contributed by atoms with van der Waals surface area (Å²) in [4.78, 5) is 10.7. The van der Waals surface area contributed by atoms with Crippen LogP contribution in [0.4, 0.5) is 0 Å². The minimum absolute atomic E-state index is 0.0352. The molecular formula is C10H20N4O. The molecule has 86 valence electrons. The molecule has 2 N–H and O–H groups in total. The minimum atomic E-state index is -0.0352. The van der Waals surface area contributed by atoms with E-state index in [-0.39, 0.29) is 6.10 Å². The number of hydrogen-bond donors (Lipinski definition) is 2. The first-order valence-corrected chi connectivity index (χ1v) is 4.76. The maximum Gasteiger partial charge on any atom is 0.129 e. The van der Waals surface area contributed by atoms with Gasteiger partial charge in [0.25, 0.3) is 0 Å². The van der Waals surface area contributed by atoms with E-state index in [2.05, 4.69) is 17.2 Å². The zero-order chi connectivity index (χ0) is 11.8. The van der Waals surface area contributed by atoms with Gasteiger partial charge in [0.15, 0.2) is 0 Å². The fraction of sp³-hybridized carbons (Fsp3) is 0.600. The number of allylic oxidation sites excluding steroid dienone is 1. The minimum Gasteiger partial charge on any atom is -0.363 e. The smallest absolute Gasteiger partial charge is 0.129 e. The first-order chi connectivity index (χ1) is 7.01. The van der Waals surface area contributed by atoms with E-state index in [1.807, 2.05) is 25.9 Å². The van der Waals surface area contributed by atoms with Crippen LogP contribution in [0, 0.1) is 5.41 Å². The van der Waals surface area contributed by atoms with Crippen molar-refractivity contribution in [3.8, 4) is 0 Å². The fourth-order valence-electron chi connectivity index (χ4n) is 1.08. The molecule has 5 nitrogen and oxygen atoms in total. The maximum atomic E-state index is 7.73. The zero-order valence-electron chi connectivity index (χ0n) is 9.87. The number of nitrogens with one attached hydrogen (secondary N) is 2. The molecule has 0 amide bonds. The van der Waals surface area contributed by atoms with Crippen molar-refractivity contribution in [3.05, 3.63) is 11.9 Å². The van der Waals surface area contributed by atoms with E-state index >= 15 is 0 Å². The summed E-state index contributed by atoms with van der Waals surface area (Å²) in [5, 5.41) is 7.73. The summed E-state index contributed by atoms with van der Waals surface area (Å²) < 4.78 is 0. The Bertz CT molecular complexity index is 248. The molecule has 0 saturated heterocycles. The van der Waals surface area contributed by atoms with Gasteiger partial charge in [-0.3, -0.25) is 4.84 Å². The van der Waals surface area contributed by atoms with Crippen LogP contribution in [0.3, 0.4) is 0 Å². The third-order valence-corrected chi connectivity index (χ3v) is 1.75. The summed E-state index contributed by atoms with van der Waals surface area (Å²) in [6.45, 7) is 5.35. The van der Waals surface area contributed by atoms with Crippen molar-refractivity contribution in [2.75, 3.05) is 21.1 Å². The zero-order valence-corrected chi connectivity index (χ0v) is 9.87. The second kappa shape index (κ2) is 7.14. The van der Waals surface area contributed by atoms with Crippen molar-refractivity contribution in [2.24, 2.45) is 4.99 Å². The highest BCUT2D eigenvalue weighted by Gasteiger charge is 2.05. The fourth-order valence-corrected chi connectivity index (χ4v) is 1.08. The molecule has 0 rings (SSSR count). The van der Waals surface area contributed by atoms with Gasteiger partial charge in [0.05, 0.1) is 6.10 Å². The molecule has 15 heavy (non-hydrogen) atoms. The van der Waals surface area contributed by atoms with Gasteiger partial charge in [-0.2, -0.15) is 0 Å². The highest BCUT2D eigenvalue weighted by molar-refractivity contribution is 5.93. The molecule has 0 aromatic heterocycles. The Morgan fingerprint density at radius 1 is 1.67 bits per heavy atom. The lowest BCUT2D eigenvalue weighted by Gasteiger charge is -2.14. The standard InChI is InChI=1S/C10H20N4O/c1-8(15-13-3)6-9(11)7-10(12-2)14(4)5/h7-8,11,13H,2,6H2,1,3-5H3/b10-7+,11-9?. The molecule has 0 radical (unpaired) electrons. The first-order valence-electron chi connectivity index (χ1n) is 4.76. The highest BCUT2D eigenvalue weighted by Crippen LogP contribution is 2.03. The summed E-state index contributed by atoms with van der Waals surface area (Å²) in [5.41, 5.74) is 3.07. The lowest BCUT2D eigenvalue weighted by atomic mass is 10.2. The largest absolute Gasteiger partial charge is 0.363 e. The van der Waals surface area contributed by atoms with E-state index < -0.39 is 0 Å². The SMILES string of the molecule is C=N/C(=C\C(=N)CC(C)ONC)N(C)C. The third kappa shape index (κ3) is 5.98. The van der Waals surface area contributed by atoms with Crippen LogP contribution in [0.1, 0.15) is 13.3 Å². The van der Waals surface area contributed by atoms with Gasteiger partial charge in [0, 0.05) is 39.4 Å². The highest BCUT2D eigenvalue weighted by atomic mass is 16.7. The topological polar surface area (TPSA) is 60.7 Å². The molecule has 1 atom stereocenters. The van der Waals surface area contributed by atoms with Crippen LogP contribution in [0.15, 0.2) is 16.9 Å². The van der Waals surface area contributed by atoms with Crippen LogP contribution in [-0.4, -0.2) is 44.6 Å². The predicted octanol–water partition coefficient (Wildman–Crippen LogP) is 1.04. The van der Waals surface area contributed by atoms with Gasteiger partial charge >= 0.3 is 0 Å². The normalized spacial score (nSPS) is 13.5. The van der Waals surface area contributed by atoms with Gasteiger partial charge in [-0.25, -0.2) is 10.5 Å². The summed E-state index contributed by atoms with van der Waals surface area (Å²) in [5.74, 6) is 0.677. The van der Waals surface area contributed by atoms with E-state index in [0.29, 0.717) is 18.0 Å². The average Bonchev–Trinajstić information content (AvgIpc) is 2.13. The summed E-state index contributed by atoms with van der Waals surface area (Å²) >= 11 is 0. The Labute approximate surface area is 91.3 Å². The van der Waals surface area contributed by atoms with Crippen LogP contribution in [-0.2, 0) is 4.84 Å². The van der Waals surface area contributed by atoms with Crippen LogP contribution in [0.2, 0.25) is 0 Å². The second-order valence-electron chi connectivity index (χ2n) is 3.42. The molecule has 0 aliphatic carbocycles. The lowest BCUT2D eigenvalue weighted by Crippen LogP contribution is -2.20. The second-order valence-corrected chi connectivity index (χ2v) is 3.42. The van der Waals surface area contributed by atoms with Crippen LogP contribution in [0.25, 0.3) is 0 Å². The van der Waals surface area contributed by atoms with Crippen molar-refractivity contribution in [1.82, 2.24) is 10.4 Å². The summed E-state index contributed by atoms with van der Waals surface area (Å²) in [7, 11) is 5.43. The Hall–Kier alpha value is -1.20. The lowest BCUT2D eigenvalue weighted by molar-refractivity contribution is 0.00314. The van der Waals surface area contributed by atoms with Crippen molar-refractivity contribution in [3.63, 3.8) is 0 Å². The number of hydroxylamine groups is 1. The summed E-state index contributed by atoms with van der Waals surface area (Å²) in [6.07, 6.45) is 2.18. The molecule has 5 heteroatoms. The Kier molecular flexibility index (Phi) is 6.57. The van der Waals surface area contributed by atoms with E-state index in [0.717, 1.165) is 0 Å². The van der Waals surface area contributed by atoms with E-state index in [1.54, 1.807) is 13.1 Å². The van der Waals surface area contributed by atoms with Crippen molar-refractivity contribution in [1.29, 1.82) is 5.41 Å². The predicted molar refractivity (Wildman–Crippen MR) is 63.3 cm³/mol. The van der Waals surface area contributed by atoms with Gasteiger partial charge in [0.2, 0.25) is 0 Å². The van der Waals surface area contributed by atoms with Gasteiger partial charge in [-0.05, 0) is 13.6 Å². The monoisotopic (exact) mass is 212 g/mol. The Balaban J connectivity index is 4.27. The van der Waals surface area contributed by atoms with Crippen LogP contribution >= 0.6 is 0 Å². The van der Waals surface area contributed by atoms with Gasteiger partial charge in [-0.15, -0.1) is 0 Å². The summed E-state index contributed by atoms with van der Waals surface area (Å²) in [6, 6.07) is 0. The van der Waals surface area contributed by atoms with Gasteiger partial charge in [0.1, 0.15) is 5.82 Å². The van der Waals surface area contributed by atoms with Crippen molar-refractivity contribution < 1.29 is 4.84 Å². The molecule has 0 aliphatic rings. The van der Waals surface area contributed by atoms with Crippen molar-refractivity contribution in [2.45, 2.75) is 19.4 Å². The molecular weight excluding hydrogens is 192 g/mol. The molecule has 0 aromatic carbocycles. The first kappa shape index (κ1) is 13.8. The quantitative estimate of drug-likeness (QED) is 0.489. The number of aliphatic imine (C=N–C) groups is 1. The number of rotatable bonds is 7. The Morgan fingerprint density at radius 3 is 2.67 bits per heavy atom. The van der Waals surface area contributed by atoms with Crippen LogP contribution in [0.5, 0.6) is 0 Å². The van der Waals surface area contributed by atoms with E-state index in [9.17, 15) is 0 Å². The van der Waals surface area contributed by atoms with Crippen LogP contribution < -0.4 is 5.48 Å². The van der Waals surface area contributed by atoms with E-state index in [4.69, 9.17) is 10.2 Å². The molecule has 1 unspecified atom stereocenters. The molecule has 0 fully saturated rings. The molecule has 0 aliphatic heterocycles.